The Kier molecular flexibility index (Phi) is 6.79. The van der Waals surface area contributed by atoms with E-state index in [0.717, 1.165) is 26.4 Å². The maximum Gasteiger partial charge on any atom is 0.238 e. The predicted octanol–water partition coefficient (Wildman–Crippen LogP) is 2.52. The van der Waals surface area contributed by atoms with Gasteiger partial charge in [-0.3, -0.25) is 4.79 Å². The maximum atomic E-state index is 12.8. The fourth-order valence-corrected chi connectivity index (χ4v) is 4.14. The summed E-state index contributed by atoms with van der Waals surface area (Å²) in [6.07, 6.45) is 2.19. The highest BCUT2D eigenvalue weighted by Gasteiger charge is 2.26. The Morgan fingerprint density at radius 1 is 1.10 bits per heavy atom. The monoisotopic (exact) mass is 430 g/mol. The van der Waals surface area contributed by atoms with E-state index in [1.165, 1.54) is 13.1 Å². The first kappa shape index (κ1) is 21.9. The van der Waals surface area contributed by atoms with Crippen LogP contribution in [0.15, 0.2) is 47.9 Å². The predicted molar refractivity (Wildman–Crippen MR) is 116 cm³/mol. The van der Waals surface area contributed by atoms with Gasteiger partial charge in [-0.15, -0.1) is 0 Å². The number of sulfonamides is 1. The van der Waals surface area contributed by atoms with Crippen LogP contribution < -0.4 is 9.47 Å². The standard InChI is InChI=1S/C22H26N2O5S/c1-23(30(26,27)12-10-17-7-5-4-6-8-17)16-22(25)24-11-9-18-13-20(28-2)21(29-3)14-19(18)15-24/h4-8,10,12-14H,9,11,15-16H2,1-3H3/b12-10+. The van der Waals surface area contributed by atoms with E-state index < -0.39 is 10.0 Å². The number of rotatable bonds is 7. The molecule has 1 aliphatic rings. The zero-order valence-corrected chi connectivity index (χ0v) is 18.2. The summed E-state index contributed by atoms with van der Waals surface area (Å²) in [4.78, 5) is 14.4. The molecule has 0 fully saturated rings. The van der Waals surface area contributed by atoms with Gasteiger partial charge in [-0.25, -0.2) is 8.42 Å². The molecule has 1 aliphatic heterocycles. The molecule has 0 spiro atoms. The van der Waals surface area contributed by atoms with Crippen molar-refractivity contribution in [2.24, 2.45) is 0 Å². The second-order valence-corrected chi connectivity index (χ2v) is 8.98. The van der Waals surface area contributed by atoms with Crippen LogP contribution in [0.4, 0.5) is 0 Å². The van der Waals surface area contributed by atoms with Crippen molar-refractivity contribution < 1.29 is 22.7 Å². The summed E-state index contributed by atoms with van der Waals surface area (Å²) in [5.41, 5.74) is 2.85. The summed E-state index contributed by atoms with van der Waals surface area (Å²) < 4.78 is 36.8. The lowest BCUT2D eigenvalue weighted by Crippen LogP contribution is -2.42. The zero-order chi connectivity index (χ0) is 21.7. The summed E-state index contributed by atoms with van der Waals surface area (Å²) in [6, 6.07) is 12.9. The molecule has 0 atom stereocenters. The van der Waals surface area contributed by atoms with E-state index in [0.29, 0.717) is 31.0 Å². The van der Waals surface area contributed by atoms with Crippen LogP contribution in [0, 0.1) is 0 Å². The van der Waals surface area contributed by atoms with Gasteiger partial charge < -0.3 is 14.4 Å². The third-order valence-corrected chi connectivity index (χ3v) is 6.57. The van der Waals surface area contributed by atoms with Gasteiger partial charge in [0, 0.05) is 25.5 Å². The smallest absolute Gasteiger partial charge is 0.238 e. The number of ether oxygens (including phenoxy) is 2. The Bertz CT molecular complexity index is 1030. The normalized spacial score (nSPS) is 14.1. The van der Waals surface area contributed by atoms with Crippen molar-refractivity contribution in [2.45, 2.75) is 13.0 Å². The zero-order valence-electron chi connectivity index (χ0n) is 17.4. The molecule has 160 valence electrons. The number of nitrogens with zero attached hydrogens (tertiary/aromatic N) is 2. The van der Waals surface area contributed by atoms with E-state index in [1.807, 2.05) is 42.5 Å². The van der Waals surface area contributed by atoms with Crippen molar-refractivity contribution in [2.75, 3.05) is 34.4 Å². The minimum atomic E-state index is -3.70. The number of hydrogen-bond donors (Lipinski definition) is 0. The average Bonchev–Trinajstić information content (AvgIpc) is 2.76. The van der Waals surface area contributed by atoms with Crippen LogP contribution in [-0.4, -0.2) is 57.9 Å². The number of fused-ring (bicyclic) bond motifs is 1. The first-order chi connectivity index (χ1) is 14.3. The molecule has 0 saturated heterocycles. The minimum absolute atomic E-state index is 0.218. The van der Waals surface area contributed by atoms with Crippen LogP contribution in [0.2, 0.25) is 0 Å². The van der Waals surface area contributed by atoms with Crippen molar-refractivity contribution in [1.29, 1.82) is 0 Å². The largest absolute Gasteiger partial charge is 0.493 e. The van der Waals surface area contributed by atoms with E-state index in [-0.39, 0.29) is 12.5 Å². The van der Waals surface area contributed by atoms with Gasteiger partial charge in [0.25, 0.3) is 0 Å². The molecule has 0 saturated carbocycles. The molecule has 1 amide bonds. The van der Waals surface area contributed by atoms with Crippen molar-refractivity contribution >= 4 is 22.0 Å². The van der Waals surface area contributed by atoms with Gasteiger partial charge in [0.05, 0.1) is 20.8 Å². The Labute approximate surface area is 177 Å². The highest BCUT2D eigenvalue weighted by atomic mass is 32.2. The van der Waals surface area contributed by atoms with Gasteiger partial charge in [-0.2, -0.15) is 4.31 Å². The van der Waals surface area contributed by atoms with Crippen molar-refractivity contribution in [3.63, 3.8) is 0 Å². The lowest BCUT2D eigenvalue weighted by molar-refractivity contribution is -0.132. The first-order valence-corrected chi connectivity index (χ1v) is 11.1. The second-order valence-electron chi connectivity index (χ2n) is 7.06. The number of amides is 1. The second kappa shape index (κ2) is 9.32. The van der Waals surface area contributed by atoms with Gasteiger partial charge in [0.1, 0.15) is 0 Å². The Balaban J connectivity index is 1.67. The Morgan fingerprint density at radius 3 is 2.37 bits per heavy atom. The van der Waals surface area contributed by atoms with Crippen LogP contribution in [0.25, 0.3) is 6.08 Å². The molecule has 0 bridgehead atoms. The van der Waals surface area contributed by atoms with Crippen molar-refractivity contribution in [3.05, 3.63) is 64.6 Å². The number of carbonyl (C=O) groups is 1. The van der Waals surface area contributed by atoms with Crippen LogP contribution >= 0.6 is 0 Å². The lowest BCUT2D eigenvalue weighted by Gasteiger charge is -2.30. The molecule has 2 aromatic rings. The van der Waals surface area contributed by atoms with Crippen molar-refractivity contribution in [1.82, 2.24) is 9.21 Å². The Hall–Kier alpha value is -2.84. The van der Waals surface area contributed by atoms with Gasteiger partial charge in [0.2, 0.25) is 15.9 Å². The van der Waals surface area contributed by atoms with Gasteiger partial charge in [-0.1, -0.05) is 30.3 Å². The summed E-state index contributed by atoms with van der Waals surface area (Å²) in [6.45, 7) is 0.710. The molecular formula is C22H26N2O5S. The molecule has 0 aromatic heterocycles. The van der Waals surface area contributed by atoms with Crippen LogP contribution in [0.5, 0.6) is 11.5 Å². The fourth-order valence-electron chi connectivity index (χ4n) is 3.31. The van der Waals surface area contributed by atoms with Gasteiger partial charge >= 0.3 is 0 Å². The molecule has 0 unspecified atom stereocenters. The lowest BCUT2D eigenvalue weighted by atomic mass is 9.98. The maximum absolute atomic E-state index is 12.8. The quantitative estimate of drug-likeness (QED) is 0.675. The Morgan fingerprint density at radius 2 is 1.73 bits per heavy atom. The molecule has 30 heavy (non-hydrogen) atoms. The van der Waals surface area contributed by atoms with Crippen LogP contribution in [-0.2, 0) is 27.8 Å². The molecule has 1 heterocycles. The molecular weight excluding hydrogens is 404 g/mol. The summed E-state index contributed by atoms with van der Waals surface area (Å²) >= 11 is 0. The number of carbonyl (C=O) groups excluding carboxylic acids is 1. The third kappa shape index (κ3) is 5.01. The highest BCUT2D eigenvalue weighted by Crippen LogP contribution is 2.33. The third-order valence-electron chi connectivity index (χ3n) is 5.10. The minimum Gasteiger partial charge on any atom is -0.493 e. The van der Waals surface area contributed by atoms with Gasteiger partial charge in [-0.05, 0) is 41.3 Å². The first-order valence-electron chi connectivity index (χ1n) is 9.55. The van der Waals surface area contributed by atoms with E-state index >= 15 is 0 Å². The molecule has 2 aromatic carbocycles. The number of likely N-dealkylation sites (N-methyl/N-ethyl adjacent to an activating group) is 1. The number of benzene rings is 2. The van der Waals surface area contributed by atoms with E-state index in [2.05, 4.69) is 0 Å². The molecule has 0 N–H and O–H groups in total. The van der Waals surface area contributed by atoms with Crippen LogP contribution in [0.3, 0.4) is 0 Å². The average molecular weight is 431 g/mol. The van der Waals surface area contributed by atoms with E-state index in [4.69, 9.17) is 9.47 Å². The fraction of sp³-hybridized carbons (Fsp3) is 0.318. The number of methoxy groups -OCH3 is 2. The topological polar surface area (TPSA) is 76.2 Å². The van der Waals surface area contributed by atoms with E-state index in [9.17, 15) is 13.2 Å². The summed E-state index contributed by atoms with van der Waals surface area (Å²) in [5, 5.41) is 1.12. The summed E-state index contributed by atoms with van der Waals surface area (Å²) in [5.74, 6) is 1.03. The van der Waals surface area contributed by atoms with E-state index in [1.54, 1.807) is 19.1 Å². The highest BCUT2D eigenvalue weighted by molar-refractivity contribution is 7.92. The summed E-state index contributed by atoms with van der Waals surface area (Å²) in [7, 11) is 0.864. The SMILES string of the molecule is COc1cc2c(cc1OC)CN(C(=O)CN(C)S(=O)(=O)/C=C/c1ccccc1)CC2. The molecule has 0 radical (unpaired) electrons. The van der Waals surface area contributed by atoms with Gasteiger partial charge in [0.15, 0.2) is 11.5 Å². The molecule has 7 nitrogen and oxygen atoms in total. The number of hydrogen-bond acceptors (Lipinski definition) is 5. The molecule has 8 heteroatoms. The van der Waals surface area contributed by atoms with Crippen LogP contribution in [0.1, 0.15) is 16.7 Å². The van der Waals surface area contributed by atoms with Crippen molar-refractivity contribution in [3.8, 4) is 11.5 Å². The molecule has 0 aliphatic carbocycles. The molecule has 3 rings (SSSR count).